The Labute approximate surface area is 251 Å². The second kappa shape index (κ2) is 14.1. The van der Waals surface area contributed by atoms with Crippen molar-refractivity contribution in [2.45, 2.75) is 76.6 Å². The molecule has 9 nitrogen and oxygen atoms in total. The molecule has 1 fully saturated rings. The first kappa shape index (κ1) is 30.7. The molecule has 11 heteroatoms. The van der Waals surface area contributed by atoms with E-state index in [1.54, 1.807) is 23.3 Å². The molecule has 4 rings (SSSR count). The molecular formula is C30H40N6O3S2. The molecule has 0 atom stereocenters. The van der Waals surface area contributed by atoms with Gasteiger partial charge in [-0.3, -0.25) is 4.72 Å². The molecule has 0 unspecified atom stereocenters. The fourth-order valence-corrected chi connectivity index (χ4v) is 6.13. The monoisotopic (exact) mass is 596 g/mol. The smallest absolute Gasteiger partial charge is 0.407 e. The van der Waals surface area contributed by atoms with Gasteiger partial charge in [-0.25, -0.2) is 14.6 Å². The molecule has 1 aromatic heterocycles. The van der Waals surface area contributed by atoms with E-state index in [-0.39, 0.29) is 29.8 Å². The van der Waals surface area contributed by atoms with Crippen molar-refractivity contribution >= 4 is 46.2 Å². The SMILES string of the molecule is CC(C)NC(=O)OC1CCN(c2ncc(-c3ccc(NC(=O)NCc4ccccc4)cc3SNC(C)(C)C)s2)CC1. The average Bonchev–Trinajstić information content (AvgIpc) is 3.41. The Morgan fingerprint density at radius 1 is 1.12 bits per heavy atom. The van der Waals surface area contributed by atoms with Crippen molar-refractivity contribution in [2.75, 3.05) is 23.3 Å². The van der Waals surface area contributed by atoms with Crippen LogP contribution in [0.2, 0.25) is 0 Å². The number of benzene rings is 2. The van der Waals surface area contributed by atoms with Crippen molar-refractivity contribution < 1.29 is 14.3 Å². The lowest BCUT2D eigenvalue weighted by molar-refractivity contribution is 0.0815. The zero-order valence-corrected chi connectivity index (χ0v) is 26.0. The van der Waals surface area contributed by atoms with Crippen LogP contribution in [0.5, 0.6) is 0 Å². The first-order chi connectivity index (χ1) is 19.6. The molecule has 220 valence electrons. The Hall–Kier alpha value is -3.28. The quantitative estimate of drug-likeness (QED) is 0.205. The van der Waals surface area contributed by atoms with Crippen LogP contribution >= 0.6 is 23.3 Å². The standard InChI is InChI=1S/C30H40N6O3S2/c1-20(2)33-29(38)39-23-13-15-36(16-14-23)28-32-19-26(40-28)24-12-11-22(17-25(24)41-35-30(3,4)5)34-27(37)31-18-21-9-7-6-8-10-21/h6-12,17,19-20,23,35H,13-16,18H2,1-5H3,(H,33,38)(H2,31,34,37). The molecule has 4 N–H and O–H groups in total. The fourth-order valence-electron chi connectivity index (χ4n) is 4.17. The van der Waals surface area contributed by atoms with Gasteiger partial charge in [0.15, 0.2) is 5.13 Å². The normalized spacial score (nSPS) is 14.1. The lowest BCUT2D eigenvalue weighted by Gasteiger charge is -2.31. The Morgan fingerprint density at radius 2 is 1.85 bits per heavy atom. The number of carbonyl (C=O) groups is 2. The number of aromatic nitrogens is 1. The molecule has 2 heterocycles. The van der Waals surface area contributed by atoms with E-state index < -0.39 is 0 Å². The van der Waals surface area contributed by atoms with Gasteiger partial charge in [0.25, 0.3) is 0 Å². The molecule has 1 saturated heterocycles. The lowest BCUT2D eigenvalue weighted by Crippen LogP contribution is -2.40. The van der Waals surface area contributed by atoms with E-state index in [2.05, 4.69) is 46.3 Å². The Morgan fingerprint density at radius 3 is 2.54 bits per heavy atom. The third kappa shape index (κ3) is 9.65. The highest BCUT2D eigenvalue weighted by atomic mass is 32.2. The van der Waals surface area contributed by atoms with Crippen LogP contribution in [0.1, 0.15) is 53.0 Å². The molecule has 1 aliphatic heterocycles. The van der Waals surface area contributed by atoms with Gasteiger partial charge in [0, 0.05) is 66.4 Å². The van der Waals surface area contributed by atoms with Crippen LogP contribution in [0.15, 0.2) is 59.6 Å². The van der Waals surface area contributed by atoms with E-state index in [1.807, 2.05) is 68.6 Å². The van der Waals surface area contributed by atoms with E-state index in [1.165, 1.54) is 0 Å². The van der Waals surface area contributed by atoms with Crippen LogP contribution in [0.4, 0.5) is 20.4 Å². The molecule has 3 amide bonds. The van der Waals surface area contributed by atoms with Crippen molar-refractivity contribution in [1.82, 2.24) is 20.3 Å². The zero-order valence-electron chi connectivity index (χ0n) is 24.3. The number of ether oxygens (including phenoxy) is 1. The third-order valence-corrected chi connectivity index (χ3v) is 8.52. The van der Waals surface area contributed by atoms with Crippen molar-refractivity contribution in [1.29, 1.82) is 0 Å². The van der Waals surface area contributed by atoms with Crippen LogP contribution in [0, 0.1) is 0 Å². The third-order valence-electron chi connectivity index (χ3n) is 6.15. The van der Waals surface area contributed by atoms with Crippen LogP contribution < -0.4 is 25.6 Å². The van der Waals surface area contributed by atoms with Gasteiger partial charge in [-0.1, -0.05) is 47.7 Å². The molecule has 0 radical (unpaired) electrons. The summed E-state index contributed by atoms with van der Waals surface area (Å²) in [6, 6.07) is 15.6. The molecule has 3 aromatic rings. The minimum atomic E-state index is -0.351. The summed E-state index contributed by atoms with van der Waals surface area (Å²) < 4.78 is 9.06. The molecule has 0 spiro atoms. The summed E-state index contributed by atoms with van der Waals surface area (Å²) >= 11 is 3.19. The van der Waals surface area contributed by atoms with E-state index >= 15 is 0 Å². The number of alkyl carbamates (subject to hydrolysis) is 1. The number of anilines is 2. The Balaban J connectivity index is 1.42. The van der Waals surface area contributed by atoms with Gasteiger partial charge < -0.3 is 25.6 Å². The lowest BCUT2D eigenvalue weighted by atomic mass is 10.1. The van der Waals surface area contributed by atoms with Gasteiger partial charge in [-0.15, -0.1) is 0 Å². The average molecular weight is 597 g/mol. The maximum Gasteiger partial charge on any atom is 0.407 e. The van der Waals surface area contributed by atoms with Crippen molar-refractivity contribution in [3.8, 4) is 10.4 Å². The predicted molar refractivity (Wildman–Crippen MR) is 169 cm³/mol. The van der Waals surface area contributed by atoms with Crippen LogP contribution in [0.25, 0.3) is 10.4 Å². The first-order valence-corrected chi connectivity index (χ1v) is 15.5. The summed E-state index contributed by atoms with van der Waals surface area (Å²) in [6.07, 6.45) is 3.01. The summed E-state index contributed by atoms with van der Waals surface area (Å²) in [5.41, 5.74) is 2.70. The van der Waals surface area contributed by atoms with E-state index in [9.17, 15) is 9.59 Å². The van der Waals surface area contributed by atoms with E-state index in [0.29, 0.717) is 12.2 Å². The summed E-state index contributed by atoms with van der Waals surface area (Å²) in [7, 11) is 0. The van der Waals surface area contributed by atoms with Crippen molar-refractivity contribution in [3.63, 3.8) is 0 Å². The van der Waals surface area contributed by atoms with Crippen molar-refractivity contribution in [3.05, 3.63) is 60.3 Å². The topological polar surface area (TPSA) is 108 Å². The van der Waals surface area contributed by atoms with Gasteiger partial charge >= 0.3 is 12.1 Å². The molecule has 41 heavy (non-hydrogen) atoms. The van der Waals surface area contributed by atoms with Crippen LogP contribution in [-0.4, -0.2) is 47.9 Å². The number of nitrogens with one attached hydrogen (secondary N) is 4. The number of carbonyl (C=O) groups excluding carboxylic acids is 2. The van der Waals surface area contributed by atoms with Gasteiger partial charge in [-0.2, -0.15) is 0 Å². The number of hydrogen-bond acceptors (Lipinski definition) is 8. The maximum absolute atomic E-state index is 12.6. The second-order valence-corrected chi connectivity index (χ2v) is 13.2. The second-order valence-electron chi connectivity index (χ2n) is 11.4. The highest BCUT2D eigenvalue weighted by molar-refractivity contribution is 7.97. The first-order valence-electron chi connectivity index (χ1n) is 13.9. The van der Waals surface area contributed by atoms with Gasteiger partial charge in [0.1, 0.15) is 6.10 Å². The molecule has 0 aliphatic carbocycles. The van der Waals surface area contributed by atoms with Gasteiger partial charge in [0.05, 0.1) is 4.88 Å². The number of hydrogen-bond donors (Lipinski definition) is 4. The van der Waals surface area contributed by atoms with Crippen LogP contribution in [-0.2, 0) is 11.3 Å². The number of thiazole rings is 1. The van der Waals surface area contributed by atoms with Gasteiger partial charge in [-0.05, 0) is 64.3 Å². The summed E-state index contributed by atoms with van der Waals surface area (Å²) in [4.78, 5) is 33.6. The number of amides is 3. The highest BCUT2D eigenvalue weighted by Gasteiger charge is 2.25. The number of piperidine rings is 1. The Kier molecular flexibility index (Phi) is 10.5. The summed E-state index contributed by atoms with van der Waals surface area (Å²) in [5, 5.41) is 9.61. The zero-order chi connectivity index (χ0) is 29.4. The van der Waals surface area contributed by atoms with Crippen LogP contribution in [0.3, 0.4) is 0 Å². The Bertz CT molecular complexity index is 1300. The minimum absolute atomic E-state index is 0.0552. The summed E-state index contributed by atoms with van der Waals surface area (Å²) in [6.45, 7) is 12.2. The fraction of sp³-hybridized carbons (Fsp3) is 0.433. The number of urea groups is 1. The molecule has 2 aromatic carbocycles. The molecular weight excluding hydrogens is 557 g/mol. The maximum atomic E-state index is 12.6. The van der Waals surface area contributed by atoms with Crippen molar-refractivity contribution in [2.24, 2.45) is 0 Å². The van der Waals surface area contributed by atoms with Gasteiger partial charge in [0.2, 0.25) is 0 Å². The molecule has 0 saturated carbocycles. The minimum Gasteiger partial charge on any atom is -0.446 e. The van der Waals surface area contributed by atoms with E-state index in [4.69, 9.17) is 9.72 Å². The number of rotatable bonds is 9. The van der Waals surface area contributed by atoms with E-state index in [0.717, 1.165) is 52.0 Å². The summed E-state index contributed by atoms with van der Waals surface area (Å²) in [5.74, 6) is 0. The predicted octanol–water partition coefficient (Wildman–Crippen LogP) is 6.63. The largest absolute Gasteiger partial charge is 0.446 e. The molecule has 1 aliphatic rings. The number of nitrogens with zero attached hydrogens (tertiary/aromatic N) is 2. The highest BCUT2D eigenvalue weighted by Crippen LogP contribution is 2.39. The molecule has 0 bridgehead atoms.